The maximum atomic E-state index is 2.44. The first-order chi connectivity index (χ1) is 25.8. The molecule has 0 N–H and O–H groups in total. The van der Waals surface area contributed by atoms with Crippen molar-refractivity contribution in [3.63, 3.8) is 0 Å². The van der Waals surface area contributed by atoms with Crippen molar-refractivity contribution in [2.45, 2.75) is 18.3 Å². The van der Waals surface area contributed by atoms with Gasteiger partial charge in [-0.25, -0.2) is 0 Å². The number of para-hydroxylation sites is 2. The summed E-state index contributed by atoms with van der Waals surface area (Å²) in [5.41, 5.74) is 20.0. The van der Waals surface area contributed by atoms with Crippen LogP contribution in [0, 0.1) is 0 Å². The van der Waals surface area contributed by atoms with E-state index in [0.717, 1.165) is 6.42 Å². The second kappa shape index (κ2) is 11.5. The predicted octanol–water partition coefficient (Wildman–Crippen LogP) is 13.0. The number of hydrogen-bond donors (Lipinski definition) is 0. The van der Waals surface area contributed by atoms with Gasteiger partial charge in [-0.3, -0.25) is 0 Å². The van der Waals surface area contributed by atoms with Gasteiger partial charge < -0.3 is 4.57 Å². The maximum Gasteiger partial charge on any atom is 0.0541 e. The van der Waals surface area contributed by atoms with Gasteiger partial charge in [-0.05, 0) is 97.4 Å². The van der Waals surface area contributed by atoms with Crippen LogP contribution in [0.25, 0.3) is 60.9 Å². The molecule has 1 aromatic heterocycles. The van der Waals surface area contributed by atoms with E-state index in [-0.39, 0.29) is 11.8 Å². The van der Waals surface area contributed by atoms with Crippen LogP contribution in [-0.4, -0.2) is 4.57 Å². The molecule has 0 aliphatic heterocycles. The lowest BCUT2D eigenvalue weighted by Gasteiger charge is -2.30. The predicted molar refractivity (Wildman–Crippen MR) is 216 cm³/mol. The van der Waals surface area contributed by atoms with Crippen LogP contribution in [0.15, 0.2) is 188 Å². The van der Waals surface area contributed by atoms with Crippen molar-refractivity contribution in [2.75, 3.05) is 0 Å². The van der Waals surface area contributed by atoms with Crippen molar-refractivity contribution in [2.24, 2.45) is 0 Å². The van der Waals surface area contributed by atoms with Gasteiger partial charge in [0.15, 0.2) is 0 Å². The molecule has 11 rings (SSSR count). The van der Waals surface area contributed by atoms with E-state index in [1.165, 1.54) is 94.3 Å². The molecule has 244 valence electrons. The first kappa shape index (κ1) is 29.3. The van der Waals surface area contributed by atoms with Gasteiger partial charge in [-0.2, -0.15) is 0 Å². The summed E-state index contributed by atoms with van der Waals surface area (Å²) in [7, 11) is 0. The Hall–Kier alpha value is -6.44. The van der Waals surface area contributed by atoms with E-state index in [0.29, 0.717) is 0 Å². The molecular formula is C51H35N. The van der Waals surface area contributed by atoms with E-state index in [4.69, 9.17) is 0 Å². The largest absolute Gasteiger partial charge is 0.309 e. The van der Waals surface area contributed by atoms with Gasteiger partial charge in [0.25, 0.3) is 0 Å². The molecule has 0 spiro atoms. The van der Waals surface area contributed by atoms with Crippen molar-refractivity contribution in [3.8, 4) is 39.1 Å². The van der Waals surface area contributed by atoms with Gasteiger partial charge in [0.1, 0.15) is 0 Å². The van der Waals surface area contributed by atoms with Crippen LogP contribution in [-0.2, 0) is 6.42 Å². The molecular weight excluding hydrogens is 627 g/mol. The monoisotopic (exact) mass is 661 g/mol. The molecule has 2 aliphatic carbocycles. The smallest absolute Gasteiger partial charge is 0.0541 e. The van der Waals surface area contributed by atoms with Crippen LogP contribution in [0.1, 0.15) is 45.2 Å². The van der Waals surface area contributed by atoms with E-state index in [1.54, 1.807) is 0 Å². The lowest BCUT2D eigenvalue weighted by Crippen LogP contribution is -2.14. The number of hydrogen-bond acceptors (Lipinski definition) is 0. The summed E-state index contributed by atoms with van der Waals surface area (Å²) >= 11 is 0. The normalized spacial score (nSPS) is 14.6. The summed E-state index contributed by atoms with van der Waals surface area (Å²) in [5, 5.41) is 2.57. The van der Waals surface area contributed by atoms with Gasteiger partial charge in [0.2, 0.25) is 0 Å². The highest BCUT2D eigenvalue weighted by Gasteiger charge is 2.31. The molecule has 1 atom stereocenters. The molecule has 8 aromatic carbocycles. The van der Waals surface area contributed by atoms with E-state index in [2.05, 4.69) is 193 Å². The Kier molecular flexibility index (Phi) is 6.51. The fourth-order valence-electron chi connectivity index (χ4n) is 9.42. The molecule has 0 saturated carbocycles. The quantitative estimate of drug-likeness (QED) is 0.177. The Morgan fingerprint density at radius 1 is 0.385 bits per heavy atom. The third-order valence-corrected chi connectivity index (χ3v) is 11.7. The maximum absolute atomic E-state index is 2.44. The molecule has 0 fully saturated rings. The minimum atomic E-state index is 0.238. The molecule has 1 heteroatoms. The molecule has 0 bridgehead atoms. The summed E-state index contributed by atoms with van der Waals surface area (Å²) in [6, 6.07) is 70.1. The Morgan fingerprint density at radius 2 is 0.904 bits per heavy atom. The average Bonchev–Trinajstić information content (AvgIpc) is 3.74. The van der Waals surface area contributed by atoms with Crippen molar-refractivity contribution in [1.82, 2.24) is 4.57 Å². The number of aromatic nitrogens is 1. The lowest BCUT2D eigenvalue weighted by molar-refractivity contribution is 0.795. The Labute approximate surface area is 304 Å². The molecule has 52 heavy (non-hydrogen) atoms. The second-order valence-corrected chi connectivity index (χ2v) is 14.4. The van der Waals surface area contributed by atoms with Crippen molar-refractivity contribution >= 4 is 21.8 Å². The third-order valence-electron chi connectivity index (χ3n) is 11.7. The zero-order valence-electron chi connectivity index (χ0n) is 28.7. The molecule has 0 radical (unpaired) electrons. The van der Waals surface area contributed by atoms with Crippen LogP contribution in [0.5, 0.6) is 0 Å². The standard InChI is InChI=1S/C51H35N/c1-2-15-38-35(13-1)31-47(42-30-29-36(32-48(38)42)52-49-23-11-9-19-43(49)44-20-10-12-24-50(44)52)39-16-4-3-14-37(39)33-25-27-34(28-26-33)51-45-21-7-5-17-40(45)41-18-6-8-22-46(41)51/h1-30,32,47,51H,31H2. The molecule has 0 amide bonds. The van der Waals surface area contributed by atoms with Gasteiger partial charge >= 0.3 is 0 Å². The van der Waals surface area contributed by atoms with Gasteiger partial charge in [-0.15, -0.1) is 0 Å². The molecule has 1 nitrogen and oxygen atoms in total. The Bertz CT molecular complexity index is 2740. The van der Waals surface area contributed by atoms with Gasteiger partial charge in [0.05, 0.1) is 11.0 Å². The fourth-order valence-corrected chi connectivity index (χ4v) is 9.42. The number of nitrogens with zero attached hydrogens (tertiary/aromatic N) is 1. The van der Waals surface area contributed by atoms with E-state index < -0.39 is 0 Å². The first-order valence-electron chi connectivity index (χ1n) is 18.4. The van der Waals surface area contributed by atoms with Gasteiger partial charge in [0, 0.05) is 28.3 Å². The minimum Gasteiger partial charge on any atom is -0.309 e. The zero-order valence-corrected chi connectivity index (χ0v) is 28.7. The van der Waals surface area contributed by atoms with Crippen LogP contribution >= 0.6 is 0 Å². The van der Waals surface area contributed by atoms with Crippen LogP contribution in [0.3, 0.4) is 0 Å². The summed E-state index contributed by atoms with van der Waals surface area (Å²) in [6.45, 7) is 0. The topological polar surface area (TPSA) is 4.93 Å². The molecule has 2 aliphatic rings. The highest BCUT2D eigenvalue weighted by Crippen LogP contribution is 2.49. The third kappa shape index (κ3) is 4.36. The lowest BCUT2D eigenvalue weighted by atomic mass is 9.74. The van der Waals surface area contributed by atoms with Crippen molar-refractivity contribution < 1.29 is 0 Å². The second-order valence-electron chi connectivity index (χ2n) is 14.4. The molecule has 1 unspecified atom stereocenters. The van der Waals surface area contributed by atoms with E-state index in [9.17, 15) is 0 Å². The first-order valence-corrected chi connectivity index (χ1v) is 18.4. The number of fused-ring (bicyclic) bond motifs is 9. The highest BCUT2D eigenvalue weighted by atomic mass is 15.0. The van der Waals surface area contributed by atoms with Gasteiger partial charge in [-0.1, -0.05) is 164 Å². The molecule has 1 heterocycles. The van der Waals surface area contributed by atoms with Crippen molar-refractivity contribution in [1.29, 1.82) is 0 Å². The van der Waals surface area contributed by atoms with Crippen molar-refractivity contribution in [3.05, 3.63) is 221 Å². The van der Waals surface area contributed by atoms with Crippen LogP contribution < -0.4 is 0 Å². The molecule has 9 aromatic rings. The van der Waals surface area contributed by atoms with E-state index >= 15 is 0 Å². The SMILES string of the molecule is c1ccc2c(c1)CC(c1ccccc1-c1ccc(C3c4ccccc4-c4ccccc43)cc1)c1ccc(-n3c4ccccc4c4ccccc43)cc1-2. The highest BCUT2D eigenvalue weighted by molar-refractivity contribution is 6.09. The summed E-state index contributed by atoms with van der Waals surface area (Å²) in [5.74, 6) is 0.490. The molecule has 0 saturated heterocycles. The number of rotatable bonds is 4. The van der Waals surface area contributed by atoms with Crippen LogP contribution in [0.2, 0.25) is 0 Å². The van der Waals surface area contributed by atoms with Crippen LogP contribution in [0.4, 0.5) is 0 Å². The summed E-state index contributed by atoms with van der Waals surface area (Å²) in [4.78, 5) is 0. The summed E-state index contributed by atoms with van der Waals surface area (Å²) < 4.78 is 2.44. The zero-order chi connectivity index (χ0) is 34.2. The fraction of sp³-hybridized carbons (Fsp3) is 0.0588. The number of benzene rings is 8. The van der Waals surface area contributed by atoms with E-state index in [1.807, 2.05) is 0 Å². The summed E-state index contributed by atoms with van der Waals surface area (Å²) in [6.07, 6.45) is 0.975. The Balaban J connectivity index is 1.02. The average molecular weight is 662 g/mol. The Morgan fingerprint density at radius 3 is 1.58 bits per heavy atom. The minimum absolute atomic E-state index is 0.238.